The van der Waals surface area contributed by atoms with E-state index in [1.807, 2.05) is 0 Å². The van der Waals surface area contributed by atoms with Crippen molar-refractivity contribution in [2.75, 3.05) is 23.9 Å². The monoisotopic (exact) mass is 281 g/mol. The van der Waals surface area contributed by atoms with Gasteiger partial charge in [-0.3, -0.25) is 0 Å². The molecule has 1 rings (SSSR count). The van der Waals surface area contributed by atoms with Gasteiger partial charge in [0.15, 0.2) is 0 Å². The van der Waals surface area contributed by atoms with Crippen LogP contribution in [0.3, 0.4) is 0 Å². The Morgan fingerprint density at radius 3 is 2.35 bits per heavy atom. The van der Waals surface area contributed by atoms with Gasteiger partial charge in [-0.15, -0.1) is 0 Å². The van der Waals surface area contributed by atoms with Crippen LogP contribution < -0.4 is 16.6 Å². The Labute approximate surface area is 121 Å². The minimum Gasteiger partial charge on any atom is -0.396 e. The molecule has 0 bridgehead atoms. The smallest absolute Gasteiger partial charge is 0.145 e. The quantitative estimate of drug-likeness (QED) is 0.408. The van der Waals surface area contributed by atoms with Crippen LogP contribution in [-0.4, -0.2) is 28.2 Å². The van der Waals surface area contributed by atoms with E-state index in [-0.39, 0.29) is 12.0 Å². The zero-order valence-corrected chi connectivity index (χ0v) is 12.7. The molecule has 0 atom stereocenters. The fraction of sp³-hybridized carbons (Fsp3) is 0.714. The number of hydrogen-bond donors (Lipinski definition) is 4. The van der Waals surface area contributed by atoms with Gasteiger partial charge >= 0.3 is 0 Å². The SMILES string of the molecule is CCCc1nc(NN)cc(NCC(CC)(CC)CO)n1. The molecule has 0 radical (unpaired) electrons. The van der Waals surface area contributed by atoms with E-state index in [0.29, 0.717) is 12.4 Å². The van der Waals surface area contributed by atoms with Crippen LogP contribution in [0.4, 0.5) is 11.6 Å². The number of nitrogens with one attached hydrogen (secondary N) is 2. The van der Waals surface area contributed by atoms with Crippen LogP contribution in [0.15, 0.2) is 6.07 Å². The molecule has 0 amide bonds. The zero-order chi connectivity index (χ0) is 15.0. The molecular weight excluding hydrogens is 254 g/mol. The van der Waals surface area contributed by atoms with Crippen molar-refractivity contribution in [1.82, 2.24) is 9.97 Å². The lowest BCUT2D eigenvalue weighted by atomic mass is 9.83. The van der Waals surface area contributed by atoms with Crippen molar-refractivity contribution >= 4 is 11.6 Å². The summed E-state index contributed by atoms with van der Waals surface area (Å²) in [6.45, 7) is 7.13. The minimum atomic E-state index is -0.105. The summed E-state index contributed by atoms with van der Waals surface area (Å²) in [4.78, 5) is 8.79. The Balaban J connectivity index is 2.83. The zero-order valence-electron chi connectivity index (χ0n) is 12.7. The molecule has 6 nitrogen and oxygen atoms in total. The predicted octanol–water partition coefficient (Wildman–Crippen LogP) is 1.93. The van der Waals surface area contributed by atoms with Gasteiger partial charge in [0.25, 0.3) is 0 Å². The minimum absolute atomic E-state index is 0.105. The third kappa shape index (κ3) is 4.31. The second kappa shape index (κ2) is 8.01. The van der Waals surface area contributed by atoms with Gasteiger partial charge in [0.2, 0.25) is 0 Å². The van der Waals surface area contributed by atoms with E-state index in [1.165, 1.54) is 0 Å². The average molecular weight is 281 g/mol. The first-order chi connectivity index (χ1) is 9.62. The summed E-state index contributed by atoms with van der Waals surface area (Å²) in [7, 11) is 0. The van der Waals surface area contributed by atoms with Crippen molar-refractivity contribution in [2.45, 2.75) is 46.5 Å². The number of rotatable bonds is 9. The van der Waals surface area contributed by atoms with Crippen molar-refractivity contribution in [3.63, 3.8) is 0 Å². The number of nitrogens with two attached hydrogens (primary N) is 1. The highest BCUT2D eigenvalue weighted by Crippen LogP contribution is 2.26. The second-order valence-electron chi connectivity index (χ2n) is 5.17. The normalized spacial score (nSPS) is 11.4. The number of anilines is 2. The number of aliphatic hydroxyl groups is 1. The maximum absolute atomic E-state index is 9.59. The molecule has 0 aliphatic rings. The van der Waals surface area contributed by atoms with E-state index < -0.39 is 0 Å². The molecule has 20 heavy (non-hydrogen) atoms. The largest absolute Gasteiger partial charge is 0.396 e. The summed E-state index contributed by atoms with van der Waals surface area (Å²) < 4.78 is 0. The maximum atomic E-state index is 9.59. The van der Waals surface area contributed by atoms with Crippen LogP contribution >= 0.6 is 0 Å². The Morgan fingerprint density at radius 2 is 1.85 bits per heavy atom. The molecule has 0 fully saturated rings. The summed E-state index contributed by atoms with van der Waals surface area (Å²) in [5, 5.41) is 12.9. The van der Waals surface area contributed by atoms with Crippen LogP contribution in [0, 0.1) is 5.41 Å². The van der Waals surface area contributed by atoms with E-state index in [9.17, 15) is 5.11 Å². The Hall–Kier alpha value is -1.40. The third-order valence-electron chi connectivity index (χ3n) is 3.87. The van der Waals surface area contributed by atoms with Gasteiger partial charge in [-0.2, -0.15) is 0 Å². The molecular formula is C14H27N5O. The molecule has 0 aromatic carbocycles. The summed E-state index contributed by atoms with van der Waals surface area (Å²) >= 11 is 0. The van der Waals surface area contributed by atoms with Gasteiger partial charge in [-0.25, -0.2) is 15.8 Å². The molecule has 0 unspecified atom stereocenters. The fourth-order valence-electron chi connectivity index (χ4n) is 2.05. The van der Waals surface area contributed by atoms with E-state index in [0.717, 1.165) is 37.3 Å². The van der Waals surface area contributed by atoms with Crippen LogP contribution in [0.1, 0.15) is 45.9 Å². The second-order valence-corrected chi connectivity index (χ2v) is 5.17. The van der Waals surface area contributed by atoms with Gasteiger partial charge in [0, 0.05) is 24.4 Å². The van der Waals surface area contributed by atoms with E-state index in [1.54, 1.807) is 6.07 Å². The third-order valence-corrected chi connectivity index (χ3v) is 3.87. The maximum Gasteiger partial charge on any atom is 0.145 e. The number of aryl methyl sites for hydroxylation is 1. The molecule has 114 valence electrons. The van der Waals surface area contributed by atoms with Gasteiger partial charge in [-0.05, 0) is 19.3 Å². The first-order valence-corrected chi connectivity index (χ1v) is 7.32. The summed E-state index contributed by atoms with van der Waals surface area (Å²) in [6, 6.07) is 1.78. The van der Waals surface area contributed by atoms with Gasteiger partial charge in [0.05, 0.1) is 6.61 Å². The summed E-state index contributed by atoms with van der Waals surface area (Å²) in [5.74, 6) is 7.56. The number of aromatic nitrogens is 2. The molecule has 0 aliphatic carbocycles. The van der Waals surface area contributed by atoms with Gasteiger partial charge in [-0.1, -0.05) is 20.8 Å². The Morgan fingerprint density at radius 1 is 1.20 bits per heavy atom. The fourth-order valence-corrected chi connectivity index (χ4v) is 2.05. The molecule has 1 heterocycles. The van der Waals surface area contributed by atoms with Crippen LogP contribution in [0.5, 0.6) is 0 Å². The Kier molecular flexibility index (Phi) is 6.67. The predicted molar refractivity (Wildman–Crippen MR) is 82.4 cm³/mol. The number of nitrogen functional groups attached to an aromatic ring is 1. The molecule has 0 aliphatic heterocycles. The van der Waals surface area contributed by atoms with E-state index in [4.69, 9.17) is 5.84 Å². The number of hydrazine groups is 1. The van der Waals surface area contributed by atoms with Gasteiger partial charge in [0.1, 0.15) is 17.5 Å². The Bertz CT molecular complexity index is 398. The van der Waals surface area contributed by atoms with Crippen molar-refractivity contribution in [2.24, 2.45) is 11.3 Å². The van der Waals surface area contributed by atoms with E-state index in [2.05, 4.69) is 41.5 Å². The van der Waals surface area contributed by atoms with Crippen LogP contribution in [0.25, 0.3) is 0 Å². The first-order valence-electron chi connectivity index (χ1n) is 7.32. The highest BCUT2D eigenvalue weighted by molar-refractivity contribution is 5.47. The van der Waals surface area contributed by atoms with Crippen LogP contribution in [-0.2, 0) is 6.42 Å². The molecule has 5 N–H and O–H groups in total. The van der Waals surface area contributed by atoms with E-state index >= 15 is 0 Å². The van der Waals surface area contributed by atoms with Crippen molar-refractivity contribution in [1.29, 1.82) is 0 Å². The number of hydrogen-bond acceptors (Lipinski definition) is 6. The lowest BCUT2D eigenvalue weighted by Crippen LogP contribution is -2.32. The summed E-state index contributed by atoms with van der Waals surface area (Å²) in [5.41, 5.74) is 2.46. The first kappa shape index (κ1) is 16.7. The van der Waals surface area contributed by atoms with Crippen molar-refractivity contribution < 1.29 is 5.11 Å². The molecule has 0 saturated carbocycles. The molecule has 0 saturated heterocycles. The van der Waals surface area contributed by atoms with Crippen molar-refractivity contribution in [3.8, 4) is 0 Å². The lowest BCUT2D eigenvalue weighted by Gasteiger charge is -2.29. The molecule has 0 spiro atoms. The highest BCUT2D eigenvalue weighted by atomic mass is 16.3. The molecule has 6 heteroatoms. The highest BCUT2D eigenvalue weighted by Gasteiger charge is 2.25. The lowest BCUT2D eigenvalue weighted by molar-refractivity contribution is 0.127. The topological polar surface area (TPSA) is 96.1 Å². The van der Waals surface area contributed by atoms with Gasteiger partial charge < -0.3 is 15.8 Å². The standard InChI is InChI=1S/C14H27N5O/c1-4-7-11-17-12(8-13(18-11)19-15)16-9-14(5-2,6-3)10-20/h8,20H,4-7,9-10,15H2,1-3H3,(H2,16,17,18,19). The number of aliphatic hydroxyl groups excluding tert-OH is 1. The van der Waals surface area contributed by atoms with Crippen LogP contribution in [0.2, 0.25) is 0 Å². The molecule has 1 aromatic heterocycles. The summed E-state index contributed by atoms with van der Waals surface area (Å²) in [6.07, 6.45) is 3.64. The molecule has 1 aromatic rings. The average Bonchev–Trinajstić information content (AvgIpc) is 2.49. The van der Waals surface area contributed by atoms with Crippen molar-refractivity contribution in [3.05, 3.63) is 11.9 Å². The number of nitrogens with zero attached hydrogens (tertiary/aromatic N) is 2.